The molecule has 3 aromatic rings. The summed E-state index contributed by atoms with van der Waals surface area (Å²) < 4.78 is 1.87. The molecule has 0 radical (unpaired) electrons. The fourth-order valence-corrected chi connectivity index (χ4v) is 4.23. The second kappa shape index (κ2) is 11.7. The number of nitrogens with zero attached hydrogens (tertiary/aromatic N) is 3. The highest BCUT2D eigenvalue weighted by Crippen LogP contribution is 2.22. The van der Waals surface area contributed by atoms with Crippen molar-refractivity contribution < 1.29 is 9.59 Å². The van der Waals surface area contributed by atoms with Gasteiger partial charge in [-0.25, -0.2) is 0 Å². The maximum absolute atomic E-state index is 12.7. The number of carbonyl (C=O) groups is 2. The molecule has 0 aliphatic carbocycles. The van der Waals surface area contributed by atoms with Gasteiger partial charge in [0.15, 0.2) is 11.0 Å². The predicted molar refractivity (Wildman–Crippen MR) is 137 cm³/mol. The fraction of sp³-hybridized carbons (Fsp3) is 0.308. The molecule has 3 rings (SSSR count). The molecule has 0 saturated heterocycles. The number of benzene rings is 2. The molecule has 2 N–H and O–H groups in total. The summed E-state index contributed by atoms with van der Waals surface area (Å²) in [6, 6.07) is 14.9. The Hall–Kier alpha value is -3.39. The van der Waals surface area contributed by atoms with E-state index in [9.17, 15) is 9.59 Å². The Bertz CT molecular complexity index is 1150. The van der Waals surface area contributed by atoms with Gasteiger partial charge in [0.05, 0.1) is 11.8 Å². The molecule has 0 spiro atoms. The number of amides is 2. The van der Waals surface area contributed by atoms with Gasteiger partial charge in [-0.2, -0.15) is 0 Å². The van der Waals surface area contributed by atoms with Crippen LogP contribution in [0, 0.1) is 6.92 Å². The molecule has 1 atom stereocenters. The number of rotatable bonds is 10. The van der Waals surface area contributed by atoms with Crippen molar-refractivity contribution in [3.8, 4) is 0 Å². The first kappa shape index (κ1) is 25.2. The van der Waals surface area contributed by atoms with Crippen LogP contribution in [0.1, 0.15) is 60.0 Å². The van der Waals surface area contributed by atoms with Crippen molar-refractivity contribution in [2.75, 3.05) is 11.1 Å². The molecule has 178 valence electrons. The van der Waals surface area contributed by atoms with Crippen molar-refractivity contribution in [3.05, 3.63) is 83.7 Å². The average molecular weight is 478 g/mol. The first-order valence-corrected chi connectivity index (χ1v) is 12.2. The number of allylic oxidation sites excluding steroid dienone is 1. The summed E-state index contributed by atoms with van der Waals surface area (Å²) in [6.07, 6.45) is 1.74. The Morgan fingerprint density at radius 1 is 1.09 bits per heavy atom. The first-order chi connectivity index (χ1) is 16.3. The van der Waals surface area contributed by atoms with Crippen LogP contribution in [0.25, 0.3) is 0 Å². The van der Waals surface area contributed by atoms with E-state index in [4.69, 9.17) is 0 Å². The number of anilines is 1. The normalized spacial score (nSPS) is 11.8. The quantitative estimate of drug-likeness (QED) is 0.313. The van der Waals surface area contributed by atoms with E-state index >= 15 is 0 Å². The molecule has 0 aliphatic rings. The summed E-state index contributed by atoms with van der Waals surface area (Å²) in [5, 5.41) is 15.0. The maximum Gasteiger partial charge on any atom is 0.252 e. The van der Waals surface area contributed by atoms with E-state index in [-0.39, 0.29) is 23.6 Å². The molecule has 8 heteroatoms. The number of aryl methyl sites for hydroxylation is 1. The van der Waals surface area contributed by atoms with Crippen molar-refractivity contribution in [3.63, 3.8) is 0 Å². The Morgan fingerprint density at radius 3 is 2.44 bits per heavy atom. The van der Waals surface area contributed by atoms with Crippen LogP contribution < -0.4 is 10.6 Å². The maximum atomic E-state index is 12.7. The molecule has 2 amide bonds. The molecular formula is C26H31N5O2S. The number of hydrogen-bond donors (Lipinski definition) is 2. The zero-order valence-corrected chi connectivity index (χ0v) is 20.9. The molecule has 0 unspecified atom stereocenters. The van der Waals surface area contributed by atoms with Gasteiger partial charge in [-0.1, -0.05) is 62.0 Å². The second-order valence-corrected chi connectivity index (χ2v) is 9.31. The minimum absolute atomic E-state index is 0.127. The van der Waals surface area contributed by atoms with E-state index in [1.807, 2.05) is 60.9 Å². The highest BCUT2D eigenvalue weighted by molar-refractivity contribution is 7.99. The average Bonchev–Trinajstić information content (AvgIpc) is 3.21. The van der Waals surface area contributed by atoms with Gasteiger partial charge in [0.2, 0.25) is 5.91 Å². The fourth-order valence-electron chi connectivity index (χ4n) is 3.47. The predicted octanol–water partition coefficient (Wildman–Crippen LogP) is 5.12. The summed E-state index contributed by atoms with van der Waals surface area (Å²) in [7, 11) is 0. The lowest BCUT2D eigenvalue weighted by molar-refractivity contribution is -0.113. The highest BCUT2D eigenvalue weighted by atomic mass is 32.2. The SMILES string of the molecule is C=CCn1c(SCC(=O)Nc2ccc(C(C)C)cc2)nnc1[C@@H](C)NC(=O)c1ccccc1C. The van der Waals surface area contributed by atoms with E-state index in [2.05, 4.69) is 41.3 Å². The van der Waals surface area contributed by atoms with Crippen LogP contribution in [0.4, 0.5) is 5.69 Å². The minimum Gasteiger partial charge on any atom is -0.342 e. The Labute approximate surface area is 205 Å². The zero-order chi connectivity index (χ0) is 24.7. The largest absolute Gasteiger partial charge is 0.342 e. The van der Waals surface area contributed by atoms with Gasteiger partial charge in [-0.05, 0) is 49.1 Å². The Balaban J connectivity index is 1.64. The zero-order valence-electron chi connectivity index (χ0n) is 20.0. The van der Waals surface area contributed by atoms with E-state index in [0.717, 1.165) is 11.3 Å². The van der Waals surface area contributed by atoms with Crippen molar-refractivity contribution >= 4 is 29.3 Å². The second-order valence-electron chi connectivity index (χ2n) is 8.36. The van der Waals surface area contributed by atoms with Crippen molar-refractivity contribution in [2.45, 2.75) is 51.4 Å². The Morgan fingerprint density at radius 2 is 1.79 bits per heavy atom. The van der Waals surface area contributed by atoms with Gasteiger partial charge < -0.3 is 15.2 Å². The summed E-state index contributed by atoms with van der Waals surface area (Å²) in [5.74, 6) is 0.933. The summed E-state index contributed by atoms with van der Waals surface area (Å²) in [4.78, 5) is 25.2. The molecule has 1 aromatic heterocycles. The van der Waals surface area contributed by atoms with Crippen molar-refractivity contribution in [2.24, 2.45) is 0 Å². The number of nitrogens with one attached hydrogen (secondary N) is 2. The third-order valence-electron chi connectivity index (χ3n) is 5.38. The van der Waals surface area contributed by atoms with Gasteiger partial charge >= 0.3 is 0 Å². The van der Waals surface area contributed by atoms with E-state index < -0.39 is 0 Å². The van der Waals surface area contributed by atoms with Gasteiger partial charge in [0.1, 0.15) is 0 Å². The van der Waals surface area contributed by atoms with Crippen LogP contribution in [0.15, 0.2) is 66.3 Å². The van der Waals surface area contributed by atoms with Gasteiger partial charge in [-0.15, -0.1) is 16.8 Å². The molecule has 34 heavy (non-hydrogen) atoms. The summed E-state index contributed by atoms with van der Waals surface area (Å²) in [5.41, 5.74) is 3.51. The third kappa shape index (κ3) is 6.35. The van der Waals surface area contributed by atoms with Crippen LogP contribution in [-0.4, -0.2) is 32.3 Å². The lowest BCUT2D eigenvalue weighted by atomic mass is 10.0. The molecule has 2 aromatic carbocycles. The van der Waals surface area contributed by atoms with Gasteiger partial charge in [-0.3, -0.25) is 9.59 Å². The number of aromatic nitrogens is 3. The van der Waals surface area contributed by atoms with E-state index in [1.165, 1.54) is 17.3 Å². The van der Waals surface area contributed by atoms with Crippen LogP contribution in [0.2, 0.25) is 0 Å². The van der Waals surface area contributed by atoms with E-state index in [0.29, 0.717) is 29.0 Å². The topological polar surface area (TPSA) is 88.9 Å². The van der Waals surface area contributed by atoms with Crippen LogP contribution in [-0.2, 0) is 11.3 Å². The number of carbonyl (C=O) groups excluding carboxylic acids is 2. The molecule has 0 aliphatic heterocycles. The monoisotopic (exact) mass is 477 g/mol. The van der Waals surface area contributed by atoms with Crippen LogP contribution in [0.3, 0.4) is 0 Å². The molecule has 1 heterocycles. The number of thioether (sulfide) groups is 1. The van der Waals surface area contributed by atoms with Crippen molar-refractivity contribution in [1.82, 2.24) is 20.1 Å². The molecule has 0 bridgehead atoms. The molecular weight excluding hydrogens is 446 g/mol. The standard InChI is InChI=1S/C26H31N5O2S/c1-6-15-31-24(19(5)27-25(33)22-10-8-7-9-18(22)4)29-30-26(31)34-16-23(32)28-21-13-11-20(12-14-21)17(2)3/h6-14,17,19H,1,15-16H2,2-5H3,(H,27,33)(H,28,32)/t19-/m1/s1. The lowest BCUT2D eigenvalue weighted by Gasteiger charge is -2.16. The van der Waals surface area contributed by atoms with Crippen molar-refractivity contribution in [1.29, 1.82) is 0 Å². The Kier molecular flexibility index (Phi) is 8.65. The van der Waals surface area contributed by atoms with Gasteiger partial charge in [0.25, 0.3) is 5.91 Å². The first-order valence-electron chi connectivity index (χ1n) is 11.2. The summed E-state index contributed by atoms with van der Waals surface area (Å²) in [6.45, 7) is 12.3. The molecule has 0 saturated carbocycles. The highest BCUT2D eigenvalue weighted by Gasteiger charge is 2.21. The minimum atomic E-state index is -0.373. The summed E-state index contributed by atoms with van der Waals surface area (Å²) >= 11 is 1.30. The lowest BCUT2D eigenvalue weighted by Crippen LogP contribution is -2.29. The van der Waals surface area contributed by atoms with Crippen LogP contribution in [0.5, 0.6) is 0 Å². The van der Waals surface area contributed by atoms with Gasteiger partial charge in [0, 0.05) is 17.8 Å². The number of hydrogen-bond acceptors (Lipinski definition) is 5. The third-order valence-corrected chi connectivity index (χ3v) is 6.34. The van der Waals surface area contributed by atoms with E-state index in [1.54, 1.807) is 12.1 Å². The smallest absolute Gasteiger partial charge is 0.252 e. The molecule has 7 nitrogen and oxygen atoms in total. The molecule has 0 fully saturated rings. The van der Waals surface area contributed by atoms with Crippen LogP contribution >= 0.6 is 11.8 Å².